The smallest absolute Gasteiger partial charge is 0.185 e. The van der Waals surface area contributed by atoms with Gasteiger partial charge >= 0.3 is 0 Å². The van der Waals surface area contributed by atoms with Gasteiger partial charge in [-0.1, -0.05) is 0 Å². The van der Waals surface area contributed by atoms with Crippen LogP contribution < -0.4 is 21.1 Å². The SMILES string of the molecule is Fc1ccc(NNC(=S)NCC[NH+]2CCOCC2)c(F)c1. The Morgan fingerprint density at radius 1 is 1.29 bits per heavy atom. The molecule has 8 heteroatoms. The fourth-order valence-electron chi connectivity index (χ4n) is 2.02. The zero-order valence-electron chi connectivity index (χ0n) is 11.5. The molecule has 1 aliphatic heterocycles. The molecule has 0 unspecified atom stereocenters. The van der Waals surface area contributed by atoms with Crippen LogP contribution in [0.5, 0.6) is 0 Å². The summed E-state index contributed by atoms with van der Waals surface area (Å²) in [6.45, 7) is 5.25. The van der Waals surface area contributed by atoms with Crippen molar-refractivity contribution >= 4 is 23.0 Å². The van der Waals surface area contributed by atoms with E-state index in [4.69, 9.17) is 17.0 Å². The topological polar surface area (TPSA) is 49.8 Å². The van der Waals surface area contributed by atoms with Crippen molar-refractivity contribution in [2.24, 2.45) is 0 Å². The number of morpholine rings is 1. The van der Waals surface area contributed by atoms with Crippen molar-refractivity contribution in [3.8, 4) is 0 Å². The van der Waals surface area contributed by atoms with E-state index < -0.39 is 11.6 Å². The lowest BCUT2D eigenvalue weighted by Gasteiger charge is -2.24. The predicted octanol–water partition coefficient (Wildman–Crippen LogP) is -0.329. The maximum Gasteiger partial charge on any atom is 0.185 e. The van der Waals surface area contributed by atoms with Crippen molar-refractivity contribution in [3.63, 3.8) is 0 Å². The Balaban J connectivity index is 1.65. The Kier molecular flexibility index (Phi) is 6.09. The number of anilines is 1. The van der Waals surface area contributed by atoms with Gasteiger partial charge < -0.3 is 15.0 Å². The summed E-state index contributed by atoms with van der Waals surface area (Å²) in [5.74, 6) is -1.30. The van der Waals surface area contributed by atoms with Crippen molar-refractivity contribution in [2.45, 2.75) is 0 Å². The van der Waals surface area contributed by atoms with Crippen molar-refractivity contribution in [1.82, 2.24) is 10.7 Å². The molecular weight excluding hydrogens is 298 g/mol. The molecule has 0 atom stereocenters. The van der Waals surface area contributed by atoms with E-state index in [0.29, 0.717) is 5.11 Å². The van der Waals surface area contributed by atoms with Crippen LogP contribution >= 0.6 is 12.2 Å². The number of hydrogen-bond donors (Lipinski definition) is 4. The van der Waals surface area contributed by atoms with Crippen LogP contribution in [0.1, 0.15) is 0 Å². The van der Waals surface area contributed by atoms with E-state index in [1.807, 2.05) is 0 Å². The molecule has 0 radical (unpaired) electrons. The minimum absolute atomic E-state index is 0.138. The maximum atomic E-state index is 13.4. The number of quaternary nitrogens is 1. The van der Waals surface area contributed by atoms with Gasteiger partial charge in [0, 0.05) is 6.07 Å². The predicted molar refractivity (Wildman–Crippen MR) is 80.1 cm³/mol. The first-order valence-electron chi connectivity index (χ1n) is 6.81. The molecule has 2 rings (SSSR count). The molecule has 1 fully saturated rings. The second kappa shape index (κ2) is 8.06. The molecule has 0 aliphatic carbocycles. The van der Waals surface area contributed by atoms with Crippen LogP contribution in [0, 0.1) is 11.6 Å². The van der Waals surface area contributed by atoms with Gasteiger partial charge in [0.1, 0.15) is 18.9 Å². The van der Waals surface area contributed by atoms with Crippen LogP contribution in [0.4, 0.5) is 14.5 Å². The molecule has 5 nitrogen and oxygen atoms in total. The lowest BCUT2D eigenvalue weighted by molar-refractivity contribution is -0.906. The van der Waals surface area contributed by atoms with E-state index in [1.165, 1.54) is 17.0 Å². The summed E-state index contributed by atoms with van der Waals surface area (Å²) in [6, 6.07) is 3.28. The van der Waals surface area contributed by atoms with Gasteiger partial charge in [-0.2, -0.15) is 0 Å². The molecule has 0 aromatic heterocycles. The van der Waals surface area contributed by atoms with Crippen LogP contribution in [0.2, 0.25) is 0 Å². The van der Waals surface area contributed by atoms with E-state index in [1.54, 1.807) is 0 Å². The van der Waals surface area contributed by atoms with Gasteiger partial charge in [0.05, 0.1) is 32.0 Å². The highest BCUT2D eigenvalue weighted by Crippen LogP contribution is 2.13. The lowest BCUT2D eigenvalue weighted by Crippen LogP contribution is -3.14. The van der Waals surface area contributed by atoms with Crippen molar-refractivity contribution in [2.75, 3.05) is 44.8 Å². The van der Waals surface area contributed by atoms with E-state index in [9.17, 15) is 8.78 Å². The van der Waals surface area contributed by atoms with Crippen LogP contribution in [-0.4, -0.2) is 44.5 Å². The third kappa shape index (κ3) is 5.41. The fourth-order valence-corrected chi connectivity index (χ4v) is 2.18. The van der Waals surface area contributed by atoms with Crippen molar-refractivity contribution in [1.29, 1.82) is 0 Å². The van der Waals surface area contributed by atoms with Gasteiger partial charge in [0.15, 0.2) is 10.9 Å². The summed E-state index contributed by atoms with van der Waals surface area (Å²) in [6.07, 6.45) is 0. The number of thiocarbonyl (C=S) groups is 1. The van der Waals surface area contributed by atoms with Crippen LogP contribution in [0.15, 0.2) is 18.2 Å². The molecule has 1 heterocycles. The number of benzene rings is 1. The summed E-state index contributed by atoms with van der Waals surface area (Å²) in [5.41, 5.74) is 5.42. The van der Waals surface area contributed by atoms with Crippen LogP contribution in [0.25, 0.3) is 0 Å². The maximum absolute atomic E-state index is 13.4. The Labute approximate surface area is 127 Å². The first kappa shape index (κ1) is 15.9. The van der Waals surface area contributed by atoms with Gasteiger partial charge in [0.2, 0.25) is 0 Å². The average Bonchev–Trinajstić information content (AvgIpc) is 2.47. The Morgan fingerprint density at radius 2 is 2.05 bits per heavy atom. The summed E-state index contributed by atoms with van der Waals surface area (Å²) in [7, 11) is 0. The second-order valence-corrected chi connectivity index (χ2v) is 5.15. The third-order valence-electron chi connectivity index (χ3n) is 3.21. The molecule has 21 heavy (non-hydrogen) atoms. The zero-order valence-corrected chi connectivity index (χ0v) is 12.4. The summed E-state index contributed by atoms with van der Waals surface area (Å²) >= 11 is 5.07. The van der Waals surface area contributed by atoms with E-state index >= 15 is 0 Å². The monoisotopic (exact) mass is 317 g/mol. The Hall–Kier alpha value is -1.51. The molecule has 4 N–H and O–H groups in total. The van der Waals surface area contributed by atoms with E-state index in [-0.39, 0.29) is 5.69 Å². The molecule has 1 aromatic rings. The number of nitrogens with one attached hydrogen (secondary N) is 4. The molecule has 1 saturated heterocycles. The lowest BCUT2D eigenvalue weighted by atomic mass is 10.3. The molecule has 1 aliphatic rings. The molecule has 0 spiro atoms. The number of ether oxygens (including phenoxy) is 1. The minimum atomic E-state index is -0.678. The van der Waals surface area contributed by atoms with Crippen LogP contribution in [-0.2, 0) is 4.74 Å². The largest absolute Gasteiger partial charge is 0.370 e. The molecule has 0 amide bonds. The van der Waals surface area contributed by atoms with Gasteiger partial charge in [-0.3, -0.25) is 10.9 Å². The average molecular weight is 317 g/mol. The van der Waals surface area contributed by atoms with E-state index in [2.05, 4.69) is 16.2 Å². The molecule has 0 bridgehead atoms. The van der Waals surface area contributed by atoms with Gasteiger partial charge in [-0.15, -0.1) is 0 Å². The standard InChI is InChI=1S/C13H18F2N4OS/c14-10-1-2-12(11(15)9-10)17-18-13(21)16-3-4-19-5-7-20-8-6-19/h1-2,9,17H,3-8H2,(H2,16,18,21)/p+1. The third-order valence-corrected chi connectivity index (χ3v) is 3.45. The van der Waals surface area contributed by atoms with Gasteiger partial charge in [-0.25, -0.2) is 8.78 Å². The quantitative estimate of drug-likeness (QED) is 0.443. The first-order chi connectivity index (χ1) is 10.1. The Morgan fingerprint density at radius 3 is 2.76 bits per heavy atom. The number of hydrogen-bond acceptors (Lipinski definition) is 3. The van der Waals surface area contributed by atoms with Crippen molar-refractivity contribution < 1.29 is 18.4 Å². The number of hydrazine groups is 1. The highest BCUT2D eigenvalue weighted by molar-refractivity contribution is 7.80. The summed E-state index contributed by atoms with van der Waals surface area (Å²) in [4.78, 5) is 1.47. The highest BCUT2D eigenvalue weighted by atomic mass is 32.1. The Bertz CT molecular complexity index is 483. The summed E-state index contributed by atoms with van der Waals surface area (Å²) < 4.78 is 31.4. The molecule has 1 aromatic carbocycles. The summed E-state index contributed by atoms with van der Waals surface area (Å²) in [5, 5.41) is 3.40. The second-order valence-electron chi connectivity index (χ2n) is 4.74. The van der Waals surface area contributed by atoms with Crippen LogP contribution in [0.3, 0.4) is 0 Å². The fraction of sp³-hybridized carbons (Fsp3) is 0.462. The van der Waals surface area contributed by atoms with Crippen molar-refractivity contribution in [3.05, 3.63) is 29.8 Å². The first-order valence-corrected chi connectivity index (χ1v) is 7.22. The van der Waals surface area contributed by atoms with Gasteiger partial charge in [0.25, 0.3) is 0 Å². The van der Waals surface area contributed by atoms with Gasteiger partial charge in [-0.05, 0) is 24.4 Å². The molecular formula is C13H19F2N4OS+. The number of halogens is 2. The molecule has 116 valence electrons. The zero-order chi connectivity index (χ0) is 15.1. The molecule has 0 saturated carbocycles. The normalized spacial score (nSPS) is 15.5. The number of rotatable bonds is 5. The van der Waals surface area contributed by atoms with E-state index in [0.717, 1.165) is 45.5 Å². The highest BCUT2D eigenvalue weighted by Gasteiger charge is 2.12. The minimum Gasteiger partial charge on any atom is -0.370 e.